The van der Waals surface area contributed by atoms with Gasteiger partial charge in [-0.2, -0.15) is 0 Å². The summed E-state index contributed by atoms with van der Waals surface area (Å²) in [4.78, 5) is 11.7. The minimum atomic E-state index is -0.200. The first kappa shape index (κ1) is 13.4. The van der Waals surface area contributed by atoms with E-state index >= 15 is 0 Å². The molecular formula is C14H18N4O2S. The van der Waals surface area contributed by atoms with Gasteiger partial charge in [-0.3, -0.25) is 0 Å². The number of rotatable bonds is 2. The molecule has 0 amide bonds. The van der Waals surface area contributed by atoms with Crippen LogP contribution in [-0.2, 0) is 22.3 Å². The molecule has 0 spiro atoms. The van der Waals surface area contributed by atoms with E-state index in [1.165, 1.54) is 23.3 Å². The summed E-state index contributed by atoms with van der Waals surface area (Å²) in [6.45, 7) is 1.72. The molecule has 1 fully saturated rings. The van der Waals surface area contributed by atoms with Gasteiger partial charge in [-0.05, 0) is 31.2 Å². The van der Waals surface area contributed by atoms with Gasteiger partial charge in [0.05, 0.1) is 25.2 Å². The van der Waals surface area contributed by atoms with E-state index in [1.54, 1.807) is 11.3 Å². The minimum absolute atomic E-state index is 0.200. The standard InChI is InChI=1S/C14H18N4O2S/c15-18-13-11-8-3-1-2-4-10(8)21-14(11)17-12(16-13)9-7-19-5-6-20-9/h9H,1-7,15H2,(H,16,17,18). The van der Waals surface area contributed by atoms with Crippen molar-refractivity contribution in [2.45, 2.75) is 31.8 Å². The second kappa shape index (κ2) is 5.49. The van der Waals surface area contributed by atoms with E-state index in [-0.39, 0.29) is 6.10 Å². The molecule has 0 saturated carbocycles. The van der Waals surface area contributed by atoms with E-state index in [0.29, 0.717) is 31.5 Å². The zero-order valence-corrected chi connectivity index (χ0v) is 12.5. The van der Waals surface area contributed by atoms with E-state index < -0.39 is 0 Å². The predicted octanol–water partition coefficient (Wildman–Crippen LogP) is 1.94. The van der Waals surface area contributed by atoms with Crippen LogP contribution in [-0.4, -0.2) is 29.8 Å². The number of aryl methyl sites for hydroxylation is 2. The van der Waals surface area contributed by atoms with Crippen molar-refractivity contribution in [2.75, 3.05) is 25.2 Å². The topological polar surface area (TPSA) is 82.3 Å². The molecule has 1 aliphatic carbocycles. The summed E-state index contributed by atoms with van der Waals surface area (Å²) in [5, 5.41) is 1.10. The quantitative estimate of drug-likeness (QED) is 0.652. The average Bonchev–Trinajstić information content (AvgIpc) is 2.93. The van der Waals surface area contributed by atoms with E-state index in [0.717, 1.165) is 23.1 Å². The Morgan fingerprint density at radius 2 is 2.10 bits per heavy atom. The van der Waals surface area contributed by atoms with Gasteiger partial charge in [0.15, 0.2) is 11.6 Å². The summed E-state index contributed by atoms with van der Waals surface area (Å²) in [5.41, 5.74) is 4.12. The monoisotopic (exact) mass is 306 g/mol. The number of hydrogen-bond donors (Lipinski definition) is 2. The Labute approximate surface area is 126 Å². The molecule has 3 N–H and O–H groups in total. The number of thiophene rings is 1. The van der Waals surface area contributed by atoms with Crippen LogP contribution < -0.4 is 11.3 Å². The van der Waals surface area contributed by atoms with E-state index in [4.69, 9.17) is 20.3 Å². The van der Waals surface area contributed by atoms with Crippen molar-refractivity contribution < 1.29 is 9.47 Å². The molecule has 112 valence electrons. The summed E-state index contributed by atoms with van der Waals surface area (Å²) in [7, 11) is 0. The lowest BCUT2D eigenvalue weighted by Gasteiger charge is -2.22. The van der Waals surface area contributed by atoms with Gasteiger partial charge in [0.25, 0.3) is 0 Å². The number of anilines is 1. The van der Waals surface area contributed by atoms with Gasteiger partial charge in [-0.1, -0.05) is 0 Å². The molecule has 2 aromatic heterocycles. The Morgan fingerprint density at radius 1 is 1.19 bits per heavy atom. The molecule has 7 heteroatoms. The molecule has 4 rings (SSSR count). The molecule has 3 heterocycles. The molecule has 6 nitrogen and oxygen atoms in total. The normalized spacial score (nSPS) is 22.2. The molecule has 1 atom stereocenters. The first-order valence-corrected chi connectivity index (χ1v) is 8.16. The van der Waals surface area contributed by atoms with Gasteiger partial charge in [0, 0.05) is 4.88 Å². The third kappa shape index (κ3) is 2.30. The van der Waals surface area contributed by atoms with Crippen molar-refractivity contribution in [1.29, 1.82) is 0 Å². The number of nitrogen functional groups attached to an aromatic ring is 1. The van der Waals surface area contributed by atoms with Crippen LogP contribution in [0.3, 0.4) is 0 Å². The maximum atomic E-state index is 5.70. The summed E-state index contributed by atoms with van der Waals surface area (Å²) < 4.78 is 11.2. The van der Waals surface area contributed by atoms with Crippen LogP contribution in [0.5, 0.6) is 0 Å². The van der Waals surface area contributed by atoms with Crippen LogP contribution in [0.2, 0.25) is 0 Å². The summed E-state index contributed by atoms with van der Waals surface area (Å²) in [5.74, 6) is 7.07. The van der Waals surface area contributed by atoms with Crippen molar-refractivity contribution in [3.63, 3.8) is 0 Å². The number of nitrogens with two attached hydrogens (primary N) is 1. The number of aromatic nitrogens is 2. The second-order valence-corrected chi connectivity index (χ2v) is 6.48. The number of nitrogens with one attached hydrogen (secondary N) is 1. The van der Waals surface area contributed by atoms with Crippen molar-refractivity contribution in [3.8, 4) is 0 Å². The van der Waals surface area contributed by atoms with Crippen LogP contribution in [0, 0.1) is 0 Å². The number of nitrogens with zero attached hydrogens (tertiary/aromatic N) is 2. The Bertz CT molecular complexity index is 667. The van der Waals surface area contributed by atoms with Crippen molar-refractivity contribution >= 4 is 27.4 Å². The highest BCUT2D eigenvalue weighted by molar-refractivity contribution is 7.19. The molecule has 0 radical (unpaired) electrons. The predicted molar refractivity (Wildman–Crippen MR) is 81.4 cm³/mol. The molecule has 0 bridgehead atoms. The van der Waals surface area contributed by atoms with Crippen molar-refractivity contribution in [1.82, 2.24) is 9.97 Å². The van der Waals surface area contributed by atoms with Gasteiger partial charge in [0.1, 0.15) is 10.9 Å². The molecule has 1 saturated heterocycles. The van der Waals surface area contributed by atoms with Gasteiger partial charge >= 0.3 is 0 Å². The fraction of sp³-hybridized carbons (Fsp3) is 0.571. The van der Waals surface area contributed by atoms with Crippen LogP contribution in [0.15, 0.2) is 0 Å². The lowest BCUT2D eigenvalue weighted by Crippen LogP contribution is -2.24. The van der Waals surface area contributed by atoms with Gasteiger partial charge < -0.3 is 14.9 Å². The summed E-state index contributed by atoms with van der Waals surface area (Å²) >= 11 is 1.76. The highest BCUT2D eigenvalue weighted by Gasteiger charge is 2.25. The highest BCUT2D eigenvalue weighted by atomic mass is 32.1. The molecule has 1 aliphatic heterocycles. The van der Waals surface area contributed by atoms with Gasteiger partial charge in [-0.15, -0.1) is 11.3 Å². The molecule has 2 aliphatic rings. The summed E-state index contributed by atoms with van der Waals surface area (Å²) in [6, 6.07) is 0. The lowest BCUT2D eigenvalue weighted by molar-refractivity contribution is -0.0933. The number of fused-ring (bicyclic) bond motifs is 3. The average molecular weight is 306 g/mol. The molecule has 0 aromatic carbocycles. The fourth-order valence-electron chi connectivity index (χ4n) is 3.06. The first-order chi connectivity index (χ1) is 10.4. The molecular weight excluding hydrogens is 288 g/mol. The molecule has 1 unspecified atom stereocenters. The van der Waals surface area contributed by atoms with E-state index in [1.807, 2.05) is 0 Å². The van der Waals surface area contributed by atoms with Gasteiger partial charge in [0.2, 0.25) is 0 Å². The smallest absolute Gasteiger partial charge is 0.163 e. The van der Waals surface area contributed by atoms with Gasteiger partial charge in [-0.25, -0.2) is 15.8 Å². The Kier molecular flexibility index (Phi) is 3.50. The SMILES string of the molecule is NNc1nc(C2COCCO2)nc2sc3c(c12)CCCC3. The Morgan fingerprint density at radius 3 is 2.90 bits per heavy atom. The molecule has 21 heavy (non-hydrogen) atoms. The minimum Gasteiger partial charge on any atom is -0.376 e. The van der Waals surface area contributed by atoms with E-state index in [2.05, 4.69) is 10.4 Å². The van der Waals surface area contributed by atoms with Crippen molar-refractivity contribution in [3.05, 3.63) is 16.3 Å². The third-order valence-electron chi connectivity index (χ3n) is 4.07. The Hall–Kier alpha value is -1.28. The van der Waals surface area contributed by atoms with Crippen LogP contribution >= 0.6 is 11.3 Å². The maximum Gasteiger partial charge on any atom is 0.163 e. The zero-order chi connectivity index (χ0) is 14.2. The van der Waals surface area contributed by atoms with E-state index in [9.17, 15) is 0 Å². The zero-order valence-electron chi connectivity index (χ0n) is 11.7. The van der Waals surface area contributed by atoms with Crippen LogP contribution in [0.4, 0.5) is 5.82 Å². The Balaban J connectivity index is 1.83. The number of hydrazine groups is 1. The maximum absolute atomic E-state index is 5.70. The van der Waals surface area contributed by atoms with Crippen LogP contribution in [0.25, 0.3) is 10.2 Å². The van der Waals surface area contributed by atoms with Crippen molar-refractivity contribution in [2.24, 2.45) is 5.84 Å². The number of hydrogen-bond acceptors (Lipinski definition) is 7. The highest BCUT2D eigenvalue weighted by Crippen LogP contribution is 2.39. The van der Waals surface area contributed by atoms with Crippen LogP contribution in [0.1, 0.15) is 35.2 Å². The second-order valence-electron chi connectivity index (χ2n) is 5.40. The lowest BCUT2D eigenvalue weighted by atomic mass is 9.97. The molecule has 2 aromatic rings. The summed E-state index contributed by atoms with van der Waals surface area (Å²) in [6.07, 6.45) is 4.51. The number of ether oxygens (including phenoxy) is 2. The fourth-order valence-corrected chi connectivity index (χ4v) is 4.33. The first-order valence-electron chi connectivity index (χ1n) is 7.35. The third-order valence-corrected chi connectivity index (χ3v) is 5.26. The largest absolute Gasteiger partial charge is 0.376 e.